The number of sulfonamides is 1. The number of aryl methyl sites for hydroxylation is 2. The van der Waals surface area contributed by atoms with E-state index in [0.29, 0.717) is 11.5 Å². The zero-order valence-electron chi connectivity index (χ0n) is 15.2. The maximum atomic E-state index is 12.9. The molecule has 0 bridgehead atoms. The first-order chi connectivity index (χ1) is 12.9. The van der Waals surface area contributed by atoms with Gasteiger partial charge in [-0.25, -0.2) is 4.79 Å². The molecule has 0 aliphatic carbocycles. The van der Waals surface area contributed by atoms with Crippen LogP contribution < -0.4 is 5.69 Å². The molecule has 0 saturated carbocycles. The Hall–Kier alpha value is -2.55. The summed E-state index contributed by atoms with van der Waals surface area (Å²) in [6, 6.07) is 14.3. The van der Waals surface area contributed by atoms with Crippen LogP contribution in [-0.4, -0.2) is 29.8 Å². The van der Waals surface area contributed by atoms with Crippen LogP contribution in [-0.2, 0) is 27.7 Å². The van der Waals surface area contributed by atoms with E-state index in [9.17, 15) is 13.6 Å². The lowest BCUT2D eigenvalue weighted by Gasteiger charge is -2.29. The number of hydrogen-bond acceptors (Lipinski definition) is 4. The van der Waals surface area contributed by atoms with Crippen molar-refractivity contribution in [1.29, 1.82) is 0 Å². The number of fused-ring (bicyclic) bond motifs is 1. The van der Waals surface area contributed by atoms with E-state index in [2.05, 4.69) is 5.10 Å². The summed E-state index contributed by atoms with van der Waals surface area (Å²) in [5.41, 5.74) is 2.51. The predicted molar refractivity (Wildman–Crippen MR) is 101 cm³/mol. The minimum atomic E-state index is -3.63. The summed E-state index contributed by atoms with van der Waals surface area (Å²) >= 11 is 0. The van der Waals surface area contributed by atoms with Gasteiger partial charge in [-0.2, -0.15) is 4.68 Å². The van der Waals surface area contributed by atoms with Crippen LogP contribution >= 0.6 is 0 Å². The summed E-state index contributed by atoms with van der Waals surface area (Å²) in [5, 5.41) is 4.38. The summed E-state index contributed by atoms with van der Waals surface area (Å²) in [4.78, 5) is 12.9. The first kappa shape index (κ1) is 17.8. The molecule has 0 spiro atoms. The van der Waals surface area contributed by atoms with E-state index in [-0.39, 0.29) is 30.2 Å². The van der Waals surface area contributed by atoms with E-state index in [1.165, 1.54) is 8.99 Å². The summed E-state index contributed by atoms with van der Waals surface area (Å²) < 4.78 is 30.1. The van der Waals surface area contributed by atoms with Crippen LogP contribution in [0.25, 0.3) is 5.69 Å². The number of benzene rings is 2. The Morgan fingerprint density at radius 2 is 1.56 bits per heavy atom. The third kappa shape index (κ3) is 3.16. The molecule has 2 heterocycles. The number of hydrogen-bond donors (Lipinski definition) is 0. The molecule has 0 N–H and O–H groups in total. The Balaban J connectivity index is 1.66. The summed E-state index contributed by atoms with van der Waals surface area (Å²) in [5.74, 6) is 0.447. The van der Waals surface area contributed by atoms with Gasteiger partial charge in [0.25, 0.3) is 0 Å². The molecule has 8 heteroatoms. The topological polar surface area (TPSA) is 83.2 Å². The number of nitrogens with zero attached hydrogens (tertiary/aromatic N) is 4. The van der Waals surface area contributed by atoms with Crippen molar-refractivity contribution in [3.8, 4) is 5.69 Å². The van der Waals surface area contributed by atoms with Gasteiger partial charge in [0.15, 0.2) is 21.1 Å². The first-order valence-corrected chi connectivity index (χ1v) is 10.1. The lowest BCUT2D eigenvalue weighted by Crippen LogP contribution is -2.43. The lowest BCUT2D eigenvalue weighted by atomic mass is 10.2. The van der Waals surface area contributed by atoms with Gasteiger partial charge in [0.2, 0.25) is 0 Å². The second-order valence-electron chi connectivity index (χ2n) is 6.75. The molecular weight excluding hydrogens is 364 g/mol. The Labute approximate surface area is 158 Å². The fourth-order valence-electron chi connectivity index (χ4n) is 3.15. The van der Waals surface area contributed by atoms with Crippen molar-refractivity contribution in [3.05, 3.63) is 76.0 Å². The van der Waals surface area contributed by atoms with Crippen LogP contribution in [0.15, 0.2) is 58.2 Å². The average Bonchev–Trinajstić information content (AvgIpc) is 2.99. The van der Waals surface area contributed by atoms with Crippen molar-refractivity contribution in [2.45, 2.75) is 31.8 Å². The minimum Gasteiger partial charge on any atom is -0.593 e. The first-order valence-electron chi connectivity index (χ1n) is 8.69. The Kier molecular flexibility index (Phi) is 4.33. The monoisotopic (exact) mass is 384 g/mol. The molecule has 1 unspecified atom stereocenters. The van der Waals surface area contributed by atoms with Crippen LogP contribution in [0.2, 0.25) is 0 Å². The number of rotatable bonds is 3. The molecule has 0 saturated heterocycles. The zero-order chi connectivity index (χ0) is 19.2. The summed E-state index contributed by atoms with van der Waals surface area (Å²) in [6.07, 6.45) is 0. The van der Waals surface area contributed by atoms with Gasteiger partial charge < -0.3 is 4.55 Å². The molecule has 3 aromatic rings. The molecule has 0 radical (unpaired) electrons. The predicted octanol–water partition coefficient (Wildman–Crippen LogP) is 2.07. The molecule has 1 aliphatic rings. The van der Waals surface area contributed by atoms with E-state index in [1.807, 2.05) is 38.1 Å². The van der Waals surface area contributed by atoms with Crippen molar-refractivity contribution >= 4 is 10.4 Å². The molecule has 1 atom stereocenters. The van der Waals surface area contributed by atoms with Crippen LogP contribution in [0.1, 0.15) is 17.0 Å². The smallest absolute Gasteiger partial charge is 0.350 e. The molecule has 0 fully saturated rings. The van der Waals surface area contributed by atoms with Crippen LogP contribution in [0.5, 0.6) is 0 Å². The van der Waals surface area contributed by atoms with E-state index in [4.69, 9.17) is 0 Å². The third-order valence-corrected chi connectivity index (χ3v) is 6.63. The molecular formula is C19H20N4O3S. The second-order valence-corrected chi connectivity index (χ2v) is 8.69. The highest BCUT2D eigenvalue weighted by molar-refractivity contribution is 7.95. The van der Waals surface area contributed by atoms with Gasteiger partial charge in [-0.3, -0.25) is 4.57 Å². The van der Waals surface area contributed by atoms with Crippen molar-refractivity contribution < 1.29 is 8.76 Å². The van der Waals surface area contributed by atoms with Gasteiger partial charge in [0.1, 0.15) is 6.54 Å². The Morgan fingerprint density at radius 1 is 0.963 bits per heavy atom. The van der Waals surface area contributed by atoms with Crippen molar-refractivity contribution in [2.75, 3.05) is 6.54 Å². The average molecular weight is 384 g/mol. The highest BCUT2D eigenvalue weighted by Crippen LogP contribution is 2.25. The lowest BCUT2D eigenvalue weighted by molar-refractivity contribution is 0.300. The van der Waals surface area contributed by atoms with E-state index < -0.39 is 10.4 Å². The van der Waals surface area contributed by atoms with Crippen molar-refractivity contribution in [3.63, 3.8) is 0 Å². The second kappa shape index (κ2) is 6.56. The highest BCUT2D eigenvalue weighted by atomic mass is 32.3. The van der Waals surface area contributed by atoms with Gasteiger partial charge >= 0.3 is 5.69 Å². The van der Waals surface area contributed by atoms with E-state index in [0.717, 1.165) is 11.1 Å². The summed E-state index contributed by atoms with van der Waals surface area (Å²) in [6.45, 7) is 4.48. The molecule has 27 heavy (non-hydrogen) atoms. The maximum absolute atomic E-state index is 12.9. The maximum Gasteiger partial charge on any atom is 0.350 e. The fraction of sp³-hybridized carbons (Fsp3) is 0.263. The van der Waals surface area contributed by atoms with E-state index >= 15 is 0 Å². The van der Waals surface area contributed by atoms with Crippen LogP contribution in [0, 0.1) is 13.8 Å². The largest absolute Gasteiger partial charge is 0.593 e. The molecule has 4 rings (SSSR count). The summed E-state index contributed by atoms with van der Waals surface area (Å²) in [7, 11) is -3.63. The minimum absolute atomic E-state index is 0.0737. The van der Waals surface area contributed by atoms with Crippen molar-refractivity contribution in [2.24, 2.45) is 0 Å². The molecule has 2 aromatic carbocycles. The molecule has 140 valence electrons. The molecule has 1 aromatic heterocycles. The standard InChI is InChI=1S/C19H20N4O3S/c1-14-3-7-16(8-4-14)23-19(24)22-12-11-21(13-18(22)20-23)27(25,26)17-9-5-15(2)6-10-17/h3-10H,11-13H2,1-2H3. The normalized spacial score (nSPS) is 16.7. The zero-order valence-corrected chi connectivity index (χ0v) is 16.0. The van der Waals surface area contributed by atoms with Gasteiger partial charge in [-0.15, -0.1) is 9.40 Å². The van der Waals surface area contributed by atoms with E-state index in [1.54, 1.807) is 28.8 Å². The van der Waals surface area contributed by atoms with Gasteiger partial charge in [-0.1, -0.05) is 39.6 Å². The SMILES string of the molecule is Cc1ccc(-n2nc3n(c2=O)CCN([S+](=O)([O-])c2ccc(C)cc2)C3)cc1. The van der Waals surface area contributed by atoms with Gasteiger partial charge in [0, 0.05) is 6.54 Å². The van der Waals surface area contributed by atoms with Crippen molar-refractivity contribution in [1.82, 2.24) is 18.7 Å². The quantitative estimate of drug-likeness (QED) is 0.647. The Morgan fingerprint density at radius 3 is 2.19 bits per heavy atom. The molecule has 0 amide bonds. The molecule has 1 aliphatic heterocycles. The highest BCUT2D eigenvalue weighted by Gasteiger charge is 2.35. The van der Waals surface area contributed by atoms with Crippen LogP contribution in [0.3, 0.4) is 0 Å². The van der Waals surface area contributed by atoms with Gasteiger partial charge in [-0.05, 0) is 38.1 Å². The van der Waals surface area contributed by atoms with Gasteiger partial charge in [0.05, 0.1) is 12.2 Å². The number of aromatic nitrogens is 3. The fourth-order valence-corrected chi connectivity index (χ4v) is 4.53. The Bertz CT molecular complexity index is 1080. The molecule has 7 nitrogen and oxygen atoms in total. The third-order valence-electron chi connectivity index (χ3n) is 4.77. The van der Waals surface area contributed by atoms with Crippen LogP contribution in [0.4, 0.5) is 0 Å².